The summed E-state index contributed by atoms with van der Waals surface area (Å²) >= 11 is 0. The van der Waals surface area contributed by atoms with Gasteiger partial charge in [-0.05, 0) is 65.2 Å². The average Bonchev–Trinajstić information content (AvgIpc) is 3.22. The summed E-state index contributed by atoms with van der Waals surface area (Å²) in [6.45, 7) is 0. The molecule has 13 N–H and O–H groups in total. The van der Waals surface area contributed by atoms with E-state index in [0.717, 1.165) is 12.1 Å². The molecule has 0 spiro atoms. The minimum Gasteiger partial charge on any atom is -0.508 e. The van der Waals surface area contributed by atoms with Gasteiger partial charge >= 0.3 is 0 Å². The summed E-state index contributed by atoms with van der Waals surface area (Å²) in [5.74, 6) is -7.77. The van der Waals surface area contributed by atoms with Crippen molar-refractivity contribution in [3.05, 3.63) is 136 Å². The van der Waals surface area contributed by atoms with Crippen molar-refractivity contribution >= 4 is 0 Å². The topological polar surface area (TPSA) is 291 Å². The van der Waals surface area contributed by atoms with Gasteiger partial charge in [0.1, 0.15) is 58.6 Å². The Balaban J connectivity index is 1.31. The highest BCUT2D eigenvalue weighted by molar-refractivity contribution is 5.70. The number of phenolic OH excluding ortho intramolecular Hbond substituents is 10. The van der Waals surface area contributed by atoms with Gasteiger partial charge in [-0.3, -0.25) is 0 Å². The summed E-state index contributed by atoms with van der Waals surface area (Å²) in [6.07, 6.45) is -9.21. The van der Waals surface area contributed by atoms with Crippen LogP contribution < -0.4 is 14.2 Å². The van der Waals surface area contributed by atoms with Gasteiger partial charge in [-0.25, -0.2) is 0 Å². The second kappa shape index (κ2) is 14.4. The Morgan fingerprint density at radius 3 is 1.28 bits per heavy atom. The lowest BCUT2D eigenvalue weighted by molar-refractivity contribution is 0.000360. The fourth-order valence-electron chi connectivity index (χ4n) is 8.75. The number of aromatic hydroxyl groups is 10. The molecule has 61 heavy (non-hydrogen) atoms. The lowest BCUT2D eigenvalue weighted by Gasteiger charge is -2.42. The van der Waals surface area contributed by atoms with E-state index in [0.29, 0.717) is 0 Å². The van der Waals surface area contributed by atoms with Crippen LogP contribution in [0, 0.1) is 0 Å². The molecule has 6 aromatic rings. The minimum absolute atomic E-state index is 0.00791. The minimum atomic E-state index is -1.69. The Morgan fingerprint density at radius 1 is 0.410 bits per heavy atom. The van der Waals surface area contributed by atoms with Gasteiger partial charge in [-0.15, -0.1) is 0 Å². The number of aliphatic hydroxyl groups is 3. The average molecular weight is 835 g/mol. The van der Waals surface area contributed by atoms with E-state index < -0.39 is 94.5 Å². The maximum atomic E-state index is 12.9. The van der Waals surface area contributed by atoms with E-state index in [2.05, 4.69) is 0 Å². The molecule has 8 atom stereocenters. The summed E-state index contributed by atoms with van der Waals surface area (Å²) in [6, 6.07) is 19.2. The van der Waals surface area contributed by atoms with Gasteiger partial charge < -0.3 is 80.6 Å². The highest BCUT2D eigenvalue weighted by Gasteiger charge is 2.49. The van der Waals surface area contributed by atoms with Gasteiger partial charge in [0.05, 0.1) is 6.10 Å². The highest BCUT2D eigenvalue weighted by atomic mass is 16.5. The molecule has 0 saturated carbocycles. The van der Waals surface area contributed by atoms with Crippen LogP contribution in [0.2, 0.25) is 0 Å². The Morgan fingerprint density at radius 2 is 0.836 bits per heavy atom. The molecule has 6 aromatic carbocycles. The van der Waals surface area contributed by atoms with Crippen molar-refractivity contribution in [2.24, 2.45) is 0 Å². The summed E-state index contributed by atoms with van der Waals surface area (Å²) in [7, 11) is 0. The van der Waals surface area contributed by atoms with Crippen LogP contribution in [0.5, 0.6) is 74.7 Å². The van der Waals surface area contributed by atoms with E-state index in [1.54, 1.807) is 0 Å². The molecule has 0 radical (unpaired) electrons. The van der Waals surface area contributed by atoms with Crippen molar-refractivity contribution in [3.63, 3.8) is 0 Å². The molecule has 9 rings (SSSR count). The van der Waals surface area contributed by atoms with Crippen LogP contribution in [0.1, 0.15) is 74.7 Å². The number of aliphatic hydroxyl groups excluding tert-OH is 3. The van der Waals surface area contributed by atoms with Gasteiger partial charge in [-0.1, -0.05) is 30.3 Å². The summed E-state index contributed by atoms with van der Waals surface area (Å²) in [4.78, 5) is 0. The molecule has 314 valence electrons. The number of rotatable bonds is 5. The second-order valence-electron chi connectivity index (χ2n) is 15.3. The van der Waals surface area contributed by atoms with E-state index in [1.165, 1.54) is 78.9 Å². The number of phenols is 10. The molecule has 16 heteroatoms. The SMILES string of the molecule is Oc1ccc2c(c1)O[C@H](c1ccc(O)c(O)c1)[C@@H](O)[C@H]2c1c(O)c([C@@H]2c3ccc(O)cc3O[C@H](c3ccc(O)c(O)c3)[C@H]2O)c(O)c2c1O[C@H](c1ccc(O)c(O)c1)[C@H](O)C2. The van der Waals surface area contributed by atoms with Crippen LogP contribution in [0.4, 0.5) is 0 Å². The maximum absolute atomic E-state index is 12.9. The molecule has 0 bridgehead atoms. The van der Waals surface area contributed by atoms with E-state index in [9.17, 15) is 66.4 Å². The molecular weight excluding hydrogens is 796 g/mol. The van der Waals surface area contributed by atoms with Gasteiger partial charge in [0.15, 0.2) is 46.7 Å². The largest absolute Gasteiger partial charge is 0.508 e. The van der Waals surface area contributed by atoms with Crippen LogP contribution in [0.15, 0.2) is 91.0 Å². The second-order valence-corrected chi connectivity index (χ2v) is 15.3. The van der Waals surface area contributed by atoms with Gasteiger partial charge in [-0.2, -0.15) is 0 Å². The third kappa shape index (κ3) is 6.35. The standard InChI is InChI=1S/C45H38O16/c46-20-4-6-22-32(14-20)59-43(18-2-9-26(49)29(52)12-18)40(57)34(22)36-38(55)24-16-31(54)42(17-1-8-25(48)28(51)11-17)61-45(24)37(39(36)56)35-23-7-5-21(47)15-33(23)60-44(41(35)58)19-3-10-27(50)30(53)13-19/h1-15,31,34-35,40-44,46-58H,16H2/t31-,34+,35-,40+,41+,42-,43-,44-/m1/s1. The van der Waals surface area contributed by atoms with Crippen LogP contribution >= 0.6 is 0 Å². The van der Waals surface area contributed by atoms with Crippen LogP contribution in [0.3, 0.4) is 0 Å². The molecule has 3 aliphatic rings. The van der Waals surface area contributed by atoms with Crippen molar-refractivity contribution in [2.45, 2.75) is 54.9 Å². The van der Waals surface area contributed by atoms with Crippen molar-refractivity contribution in [1.29, 1.82) is 0 Å². The predicted octanol–water partition coefficient (Wildman–Crippen LogP) is 5.03. The van der Waals surface area contributed by atoms with Crippen LogP contribution in [0.25, 0.3) is 0 Å². The fraction of sp³-hybridized carbons (Fsp3) is 0.200. The molecule has 3 aliphatic heterocycles. The smallest absolute Gasteiger partial charge is 0.157 e. The van der Waals surface area contributed by atoms with E-state index >= 15 is 0 Å². The van der Waals surface area contributed by atoms with E-state index in [-0.39, 0.29) is 79.7 Å². The molecule has 16 nitrogen and oxygen atoms in total. The molecule has 0 amide bonds. The zero-order valence-electron chi connectivity index (χ0n) is 31.5. The summed E-state index contributed by atoms with van der Waals surface area (Å²) in [5.41, 5.74) is 0.295. The van der Waals surface area contributed by atoms with Crippen molar-refractivity contribution < 1.29 is 80.6 Å². The summed E-state index contributed by atoms with van der Waals surface area (Å²) in [5, 5.41) is 144. The summed E-state index contributed by atoms with van der Waals surface area (Å²) < 4.78 is 18.9. The fourth-order valence-corrected chi connectivity index (χ4v) is 8.75. The number of fused-ring (bicyclic) bond motifs is 3. The lowest BCUT2D eigenvalue weighted by atomic mass is 9.73. The first-order valence-electron chi connectivity index (χ1n) is 19.0. The normalized spacial score (nSPS) is 24.0. The lowest BCUT2D eigenvalue weighted by Crippen LogP contribution is -2.38. The number of hydrogen-bond donors (Lipinski definition) is 13. The Hall–Kier alpha value is -7.40. The predicted molar refractivity (Wildman–Crippen MR) is 211 cm³/mol. The van der Waals surface area contributed by atoms with Crippen molar-refractivity contribution in [1.82, 2.24) is 0 Å². The van der Waals surface area contributed by atoms with Crippen LogP contribution in [-0.4, -0.2) is 84.7 Å². The maximum Gasteiger partial charge on any atom is 0.157 e. The quantitative estimate of drug-likeness (QED) is 0.101. The van der Waals surface area contributed by atoms with E-state index in [4.69, 9.17) is 14.2 Å². The third-order valence-electron chi connectivity index (χ3n) is 11.7. The van der Waals surface area contributed by atoms with Gasteiger partial charge in [0.2, 0.25) is 0 Å². The first-order valence-corrected chi connectivity index (χ1v) is 19.0. The van der Waals surface area contributed by atoms with Gasteiger partial charge in [0.25, 0.3) is 0 Å². The number of hydrogen-bond acceptors (Lipinski definition) is 16. The van der Waals surface area contributed by atoms with Gasteiger partial charge in [0, 0.05) is 58.2 Å². The third-order valence-corrected chi connectivity index (χ3v) is 11.7. The zero-order chi connectivity index (χ0) is 43.2. The zero-order valence-corrected chi connectivity index (χ0v) is 31.5. The number of ether oxygens (including phenoxy) is 3. The molecule has 3 heterocycles. The molecule has 0 aliphatic carbocycles. The van der Waals surface area contributed by atoms with E-state index in [1.807, 2.05) is 0 Å². The first-order chi connectivity index (χ1) is 29.1. The Kier molecular flexibility index (Phi) is 9.23. The molecule has 0 unspecified atom stereocenters. The number of benzene rings is 6. The Labute approximate surface area is 345 Å². The molecule has 0 aromatic heterocycles. The Bertz CT molecular complexity index is 2730. The molecule has 0 fully saturated rings. The highest BCUT2D eigenvalue weighted by Crippen LogP contribution is 2.60. The van der Waals surface area contributed by atoms with Crippen LogP contribution in [-0.2, 0) is 6.42 Å². The monoisotopic (exact) mass is 834 g/mol. The molecular formula is C45H38O16. The van der Waals surface area contributed by atoms with Crippen molar-refractivity contribution in [3.8, 4) is 74.7 Å². The van der Waals surface area contributed by atoms with Crippen molar-refractivity contribution in [2.75, 3.05) is 0 Å². The molecule has 0 saturated heterocycles. The first kappa shape index (κ1) is 39.1.